The van der Waals surface area contributed by atoms with Gasteiger partial charge in [0.2, 0.25) is 0 Å². The number of anilines is 3. The maximum Gasteiger partial charge on any atom is 0.148 e. The second-order valence-electron chi connectivity index (χ2n) is 13.9. The lowest BCUT2D eigenvalue weighted by Gasteiger charge is -2.29. The second kappa shape index (κ2) is 12.3. The number of hydrogen-bond acceptors (Lipinski definition) is 1. The molecule has 0 saturated heterocycles. The van der Waals surface area contributed by atoms with E-state index in [2.05, 4.69) is 98.8 Å². The predicted molar refractivity (Wildman–Crippen MR) is 214 cm³/mol. The van der Waals surface area contributed by atoms with Crippen molar-refractivity contribution in [2.75, 3.05) is 4.90 Å². The van der Waals surface area contributed by atoms with Crippen molar-refractivity contribution in [3.63, 3.8) is 0 Å². The molecule has 0 aromatic heterocycles. The lowest BCUT2D eigenvalue weighted by Crippen LogP contribution is -2.15. The van der Waals surface area contributed by atoms with E-state index in [1.54, 1.807) is 6.07 Å². The van der Waals surface area contributed by atoms with Crippen LogP contribution in [-0.2, 0) is 5.41 Å². The Morgan fingerprint density at radius 3 is 1.80 bits per heavy atom. The third kappa shape index (κ3) is 5.32. The Morgan fingerprint density at radius 1 is 0.471 bits per heavy atom. The minimum atomic E-state index is -0.283. The fraction of sp³-hybridized carbons (Fsp3) is 0.0612. The highest BCUT2D eigenvalue weighted by Gasteiger charge is 2.34. The molecule has 0 N–H and O–H groups in total. The van der Waals surface area contributed by atoms with Crippen LogP contribution in [0.2, 0.25) is 0 Å². The summed E-state index contributed by atoms with van der Waals surface area (Å²) in [6.45, 7) is 4.67. The van der Waals surface area contributed by atoms with Crippen LogP contribution < -0.4 is 4.90 Å². The predicted octanol–water partition coefficient (Wildman–Crippen LogP) is 13.7. The Balaban J connectivity index is 1.11. The van der Waals surface area contributed by atoms with Crippen molar-refractivity contribution in [3.05, 3.63) is 198 Å². The average molecular weight is 658 g/mol. The van der Waals surface area contributed by atoms with Gasteiger partial charge in [-0.3, -0.25) is 0 Å². The molecule has 8 aromatic carbocycles. The molecule has 0 spiro atoms. The highest BCUT2D eigenvalue weighted by molar-refractivity contribution is 6.15. The molecular formula is C49H36FN. The zero-order chi connectivity index (χ0) is 34.5. The lowest BCUT2D eigenvalue weighted by molar-refractivity contribution is 0.630. The molecule has 8 aromatic rings. The summed E-state index contributed by atoms with van der Waals surface area (Å²) in [5, 5.41) is 5.36. The van der Waals surface area contributed by atoms with E-state index in [1.165, 1.54) is 38.2 Å². The molecule has 1 aliphatic rings. The molecule has 0 radical (unpaired) electrons. The topological polar surface area (TPSA) is 3.24 Å². The van der Waals surface area contributed by atoms with Gasteiger partial charge in [-0.15, -0.1) is 0 Å². The molecule has 0 atom stereocenters. The van der Waals surface area contributed by atoms with E-state index >= 15 is 4.39 Å². The van der Waals surface area contributed by atoms with Crippen molar-refractivity contribution in [1.29, 1.82) is 0 Å². The first-order valence-corrected chi connectivity index (χ1v) is 17.5. The van der Waals surface area contributed by atoms with Gasteiger partial charge in [-0.25, -0.2) is 4.39 Å². The van der Waals surface area contributed by atoms with Gasteiger partial charge in [-0.05, 0) is 103 Å². The van der Waals surface area contributed by atoms with E-state index < -0.39 is 0 Å². The summed E-state index contributed by atoms with van der Waals surface area (Å²) in [6.07, 6.45) is 4.38. The van der Waals surface area contributed by atoms with Crippen molar-refractivity contribution in [3.8, 4) is 22.3 Å². The first-order valence-electron chi connectivity index (χ1n) is 17.5. The molecular weight excluding hydrogens is 622 g/mol. The zero-order valence-corrected chi connectivity index (χ0v) is 28.6. The summed E-state index contributed by atoms with van der Waals surface area (Å²) in [5.74, 6) is -0.283. The molecule has 0 fully saturated rings. The Hall–Kier alpha value is -6.25. The first kappa shape index (κ1) is 30.8. The quantitative estimate of drug-likeness (QED) is 0.122. The third-order valence-electron chi connectivity index (χ3n) is 10.4. The Bertz CT molecular complexity index is 2590. The van der Waals surface area contributed by atoms with E-state index in [1.807, 2.05) is 95.9 Å². The summed E-state index contributed by atoms with van der Waals surface area (Å²) in [4.78, 5) is 2.03. The van der Waals surface area contributed by atoms with Crippen LogP contribution in [0.15, 0.2) is 170 Å². The molecule has 244 valence electrons. The molecule has 0 heterocycles. The van der Waals surface area contributed by atoms with Gasteiger partial charge in [-0.1, -0.05) is 153 Å². The van der Waals surface area contributed by atoms with Crippen LogP contribution in [0.3, 0.4) is 0 Å². The Labute approximate surface area is 298 Å². The van der Waals surface area contributed by atoms with Crippen LogP contribution in [0, 0.1) is 5.82 Å². The number of benzene rings is 8. The van der Waals surface area contributed by atoms with Gasteiger partial charge < -0.3 is 4.90 Å². The molecule has 0 bridgehead atoms. The first-order chi connectivity index (χ1) is 25.0. The summed E-state index contributed by atoms with van der Waals surface area (Å²) in [5.41, 5.74) is 10.9. The van der Waals surface area contributed by atoms with Crippen LogP contribution in [0.5, 0.6) is 0 Å². The van der Waals surface area contributed by atoms with Crippen LogP contribution in [0.1, 0.15) is 36.1 Å². The molecule has 51 heavy (non-hydrogen) atoms. The van der Waals surface area contributed by atoms with Gasteiger partial charge in [0.1, 0.15) is 5.82 Å². The van der Waals surface area contributed by atoms with Crippen LogP contribution in [0.4, 0.5) is 21.5 Å². The smallest absolute Gasteiger partial charge is 0.148 e. The van der Waals surface area contributed by atoms with Gasteiger partial charge in [0, 0.05) is 22.4 Å². The molecule has 0 unspecified atom stereocenters. The summed E-state index contributed by atoms with van der Waals surface area (Å²) >= 11 is 0. The molecule has 0 aliphatic heterocycles. The number of nitrogens with zero attached hydrogens (tertiary/aromatic N) is 1. The number of hydrogen-bond donors (Lipinski definition) is 0. The number of rotatable bonds is 7. The summed E-state index contributed by atoms with van der Waals surface area (Å²) < 4.78 is 16.7. The highest BCUT2D eigenvalue weighted by Crippen LogP contribution is 2.49. The minimum absolute atomic E-state index is 0.0545. The molecule has 0 saturated carbocycles. The van der Waals surface area contributed by atoms with Crippen LogP contribution in [0.25, 0.3) is 56.0 Å². The lowest BCUT2D eigenvalue weighted by atomic mass is 9.81. The maximum atomic E-state index is 16.7. The highest BCUT2D eigenvalue weighted by atomic mass is 19.1. The molecule has 1 aliphatic carbocycles. The van der Waals surface area contributed by atoms with Crippen LogP contribution in [-0.4, -0.2) is 0 Å². The molecule has 0 amide bonds. The summed E-state index contributed by atoms with van der Waals surface area (Å²) in [6, 6.07) is 58.2. The second-order valence-corrected chi connectivity index (χ2v) is 13.9. The van der Waals surface area contributed by atoms with Gasteiger partial charge >= 0.3 is 0 Å². The fourth-order valence-corrected chi connectivity index (χ4v) is 7.89. The maximum absolute atomic E-state index is 16.7. The molecule has 2 heteroatoms. The normalized spacial score (nSPS) is 13.1. The largest absolute Gasteiger partial charge is 0.307 e. The van der Waals surface area contributed by atoms with Crippen molar-refractivity contribution in [2.24, 2.45) is 0 Å². The third-order valence-corrected chi connectivity index (χ3v) is 10.4. The van der Waals surface area contributed by atoms with Crippen molar-refractivity contribution in [2.45, 2.75) is 19.3 Å². The van der Waals surface area contributed by atoms with Gasteiger partial charge in [0.15, 0.2) is 0 Å². The summed E-state index contributed by atoms with van der Waals surface area (Å²) in [7, 11) is 0. The van der Waals surface area contributed by atoms with E-state index in [9.17, 15) is 0 Å². The number of para-hydroxylation sites is 1. The van der Waals surface area contributed by atoms with E-state index in [4.69, 9.17) is 0 Å². The Kier molecular flexibility index (Phi) is 7.40. The van der Waals surface area contributed by atoms with Gasteiger partial charge in [0.25, 0.3) is 0 Å². The molecule has 1 nitrogen and oxygen atoms in total. The van der Waals surface area contributed by atoms with E-state index in [-0.39, 0.29) is 11.2 Å². The zero-order valence-electron chi connectivity index (χ0n) is 28.6. The Morgan fingerprint density at radius 2 is 1.08 bits per heavy atom. The number of halogens is 1. The van der Waals surface area contributed by atoms with E-state index in [0.717, 1.165) is 39.2 Å². The fourth-order valence-electron chi connectivity index (χ4n) is 7.89. The monoisotopic (exact) mass is 657 g/mol. The van der Waals surface area contributed by atoms with Gasteiger partial charge in [-0.2, -0.15) is 0 Å². The standard InChI is InChI=1S/C49H36FN/c1-49(2)43-20-12-17-37-25-26-38-29-34(30-44(49)47(38)46(37)43)22-21-33-23-27-41(28-24-33)51(40-18-10-5-11-19-40)48-42(36-15-8-4-9-16-36)31-39(32-45(48)50)35-13-6-3-7-14-35/h3-32H,1-2H3/b22-21+. The average Bonchev–Trinajstić information content (AvgIpc) is 3.41. The SMILES string of the molecule is CC1(C)c2cccc3ccc4cc(/C=C/c5ccc(N(c6ccccc6)c6c(F)cc(-c7ccccc7)cc6-c6ccccc6)cc5)cc1c4c23. The van der Waals surface area contributed by atoms with E-state index in [0.29, 0.717) is 5.69 Å². The van der Waals surface area contributed by atoms with Crippen LogP contribution >= 0.6 is 0 Å². The van der Waals surface area contributed by atoms with Crippen molar-refractivity contribution < 1.29 is 4.39 Å². The van der Waals surface area contributed by atoms with Crippen molar-refractivity contribution in [1.82, 2.24) is 0 Å². The molecule has 9 rings (SSSR count). The van der Waals surface area contributed by atoms with Gasteiger partial charge in [0.05, 0.1) is 5.69 Å². The van der Waals surface area contributed by atoms with Crippen molar-refractivity contribution >= 4 is 50.8 Å². The minimum Gasteiger partial charge on any atom is -0.307 e.